The van der Waals surface area contributed by atoms with E-state index in [9.17, 15) is 0 Å². The van der Waals surface area contributed by atoms with Crippen LogP contribution in [0.4, 0.5) is 0 Å². The van der Waals surface area contributed by atoms with Crippen molar-refractivity contribution in [3.05, 3.63) is 23.3 Å². The summed E-state index contributed by atoms with van der Waals surface area (Å²) in [4.78, 5) is 2.30. The van der Waals surface area contributed by atoms with Gasteiger partial charge in [-0.1, -0.05) is 0 Å². The molecule has 3 rings (SSSR count). The molecule has 108 valence electrons. The van der Waals surface area contributed by atoms with Crippen LogP contribution >= 0.6 is 12.2 Å². The number of rotatable bonds is 2. The molecular weight excluding hydrogens is 272 g/mol. The third kappa shape index (κ3) is 2.10. The first-order chi connectivity index (χ1) is 9.63. The van der Waals surface area contributed by atoms with Crippen LogP contribution in [0.15, 0.2) is 12.1 Å². The predicted octanol–water partition coefficient (Wildman–Crippen LogP) is 2.27. The number of ether oxygens (including phenoxy) is 2. The second kappa shape index (κ2) is 5.13. The number of thiocarbonyl (C=S) groups is 1. The van der Waals surface area contributed by atoms with Gasteiger partial charge in [0.1, 0.15) is 0 Å². The van der Waals surface area contributed by atoms with E-state index in [1.807, 2.05) is 0 Å². The van der Waals surface area contributed by atoms with E-state index in [-0.39, 0.29) is 0 Å². The number of hydrogen-bond donors (Lipinski definition) is 1. The van der Waals surface area contributed by atoms with Gasteiger partial charge in [0.25, 0.3) is 0 Å². The zero-order valence-corrected chi connectivity index (χ0v) is 12.9. The van der Waals surface area contributed by atoms with Gasteiger partial charge in [-0.15, -0.1) is 0 Å². The lowest BCUT2D eigenvalue weighted by Crippen LogP contribution is -2.54. The van der Waals surface area contributed by atoms with E-state index in [1.54, 1.807) is 14.2 Å². The Morgan fingerprint density at radius 3 is 2.65 bits per heavy atom. The Hall–Kier alpha value is -1.49. The second-order valence-electron chi connectivity index (χ2n) is 5.45. The monoisotopic (exact) mass is 292 g/mol. The van der Waals surface area contributed by atoms with Crippen LogP contribution in [0.25, 0.3) is 0 Å². The minimum absolute atomic E-state index is 0.349. The molecule has 1 aromatic carbocycles. The molecule has 2 unspecified atom stereocenters. The lowest BCUT2D eigenvalue weighted by Gasteiger charge is -2.45. The molecule has 0 amide bonds. The van der Waals surface area contributed by atoms with E-state index >= 15 is 0 Å². The van der Waals surface area contributed by atoms with Crippen molar-refractivity contribution in [1.29, 1.82) is 0 Å². The van der Waals surface area contributed by atoms with Gasteiger partial charge in [0.05, 0.1) is 20.3 Å². The predicted molar refractivity (Wildman–Crippen MR) is 82.5 cm³/mol. The van der Waals surface area contributed by atoms with Crippen LogP contribution in [0, 0.1) is 0 Å². The molecule has 2 aliphatic heterocycles. The third-order valence-corrected chi connectivity index (χ3v) is 4.56. The number of hydrogen-bond acceptors (Lipinski definition) is 3. The van der Waals surface area contributed by atoms with Crippen molar-refractivity contribution in [2.45, 2.75) is 31.8 Å². The van der Waals surface area contributed by atoms with Gasteiger partial charge in [0, 0.05) is 12.6 Å². The Kier molecular flexibility index (Phi) is 3.46. The molecule has 1 N–H and O–H groups in total. The van der Waals surface area contributed by atoms with Crippen molar-refractivity contribution >= 4 is 17.3 Å². The van der Waals surface area contributed by atoms with Gasteiger partial charge in [-0.25, -0.2) is 0 Å². The average molecular weight is 292 g/mol. The summed E-state index contributed by atoms with van der Waals surface area (Å²) in [6.45, 7) is 3.14. The van der Waals surface area contributed by atoms with Gasteiger partial charge in [-0.3, -0.25) is 0 Å². The quantitative estimate of drug-likeness (QED) is 0.846. The highest BCUT2D eigenvalue weighted by Gasteiger charge is 2.35. The van der Waals surface area contributed by atoms with Crippen LogP contribution in [-0.4, -0.2) is 36.8 Å². The number of benzene rings is 1. The molecule has 0 bridgehead atoms. The maximum Gasteiger partial charge on any atom is 0.169 e. The Bertz CT molecular complexity index is 547. The van der Waals surface area contributed by atoms with E-state index in [4.69, 9.17) is 21.7 Å². The molecule has 4 nitrogen and oxygen atoms in total. The molecule has 0 aromatic heterocycles. The van der Waals surface area contributed by atoms with Gasteiger partial charge < -0.3 is 19.7 Å². The van der Waals surface area contributed by atoms with Crippen LogP contribution in [0.1, 0.15) is 30.5 Å². The Labute approximate surface area is 125 Å². The number of fused-ring (bicyclic) bond motifs is 3. The Balaban J connectivity index is 2.04. The van der Waals surface area contributed by atoms with Crippen molar-refractivity contribution in [1.82, 2.24) is 10.2 Å². The van der Waals surface area contributed by atoms with E-state index in [0.717, 1.165) is 36.0 Å². The van der Waals surface area contributed by atoms with Gasteiger partial charge in [0.2, 0.25) is 0 Å². The molecule has 2 aliphatic rings. The summed E-state index contributed by atoms with van der Waals surface area (Å²) < 4.78 is 10.8. The van der Waals surface area contributed by atoms with Crippen LogP contribution in [-0.2, 0) is 6.42 Å². The molecule has 0 aliphatic carbocycles. The molecule has 1 saturated heterocycles. The van der Waals surface area contributed by atoms with Crippen LogP contribution in [0.2, 0.25) is 0 Å². The molecule has 0 saturated carbocycles. The minimum Gasteiger partial charge on any atom is -0.493 e. The largest absolute Gasteiger partial charge is 0.493 e. The first-order valence-corrected chi connectivity index (χ1v) is 7.36. The summed E-state index contributed by atoms with van der Waals surface area (Å²) >= 11 is 5.48. The van der Waals surface area contributed by atoms with Crippen LogP contribution < -0.4 is 14.8 Å². The van der Waals surface area contributed by atoms with Crippen molar-refractivity contribution in [2.75, 3.05) is 20.8 Å². The molecule has 1 aromatic rings. The van der Waals surface area contributed by atoms with Crippen molar-refractivity contribution in [2.24, 2.45) is 0 Å². The highest BCUT2D eigenvalue weighted by Crippen LogP contribution is 2.40. The van der Waals surface area contributed by atoms with Gasteiger partial charge >= 0.3 is 0 Å². The summed E-state index contributed by atoms with van der Waals surface area (Å²) in [7, 11) is 3.36. The number of nitrogens with zero attached hydrogens (tertiary/aromatic N) is 1. The third-order valence-electron chi connectivity index (χ3n) is 4.21. The molecule has 5 heteroatoms. The van der Waals surface area contributed by atoms with Gasteiger partial charge in [-0.2, -0.15) is 0 Å². The molecule has 0 radical (unpaired) electrons. The van der Waals surface area contributed by atoms with Crippen molar-refractivity contribution in [3.8, 4) is 11.5 Å². The molecule has 0 spiro atoms. The van der Waals surface area contributed by atoms with E-state index < -0.39 is 0 Å². The summed E-state index contributed by atoms with van der Waals surface area (Å²) in [6.07, 6.45) is 2.05. The topological polar surface area (TPSA) is 33.7 Å². The fourth-order valence-corrected chi connectivity index (χ4v) is 3.63. The smallest absolute Gasteiger partial charge is 0.169 e. The van der Waals surface area contributed by atoms with E-state index in [1.165, 1.54) is 11.1 Å². The fraction of sp³-hybridized carbons (Fsp3) is 0.533. The summed E-state index contributed by atoms with van der Waals surface area (Å²) in [5.41, 5.74) is 2.67. The number of methoxy groups -OCH3 is 2. The Morgan fingerprint density at radius 2 is 1.95 bits per heavy atom. The first-order valence-electron chi connectivity index (χ1n) is 6.96. The molecule has 20 heavy (non-hydrogen) atoms. The number of nitrogens with one attached hydrogen (secondary N) is 1. The maximum absolute atomic E-state index is 5.48. The molecule has 2 atom stereocenters. The molecule has 1 fully saturated rings. The lowest BCUT2D eigenvalue weighted by molar-refractivity contribution is 0.232. The van der Waals surface area contributed by atoms with Gasteiger partial charge in [0.15, 0.2) is 16.6 Å². The van der Waals surface area contributed by atoms with Crippen LogP contribution in [0.5, 0.6) is 11.5 Å². The standard InChI is InChI=1S/C15H20N2O2S/c1-9-6-12-11-8-14(19-3)13(18-2)7-10(11)4-5-17(12)15(20)16-9/h7-9,12H,4-6H2,1-3H3,(H,16,20). The van der Waals surface area contributed by atoms with E-state index in [0.29, 0.717) is 12.1 Å². The van der Waals surface area contributed by atoms with E-state index in [2.05, 4.69) is 29.3 Å². The highest BCUT2D eigenvalue weighted by atomic mass is 32.1. The normalized spacial score (nSPS) is 24.6. The van der Waals surface area contributed by atoms with Crippen molar-refractivity contribution < 1.29 is 9.47 Å². The van der Waals surface area contributed by atoms with Crippen LogP contribution in [0.3, 0.4) is 0 Å². The summed E-state index contributed by atoms with van der Waals surface area (Å²) in [5.74, 6) is 1.61. The highest BCUT2D eigenvalue weighted by molar-refractivity contribution is 7.80. The first kappa shape index (κ1) is 13.5. The molecular formula is C15H20N2O2S. The SMILES string of the molecule is COc1cc2c(cc1OC)C1CC(C)NC(=S)N1CC2. The summed E-state index contributed by atoms with van der Waals surface area (Å²) in [5, 5.41) is 4.23. The fourth-order valence-electron chi connectivity index (χ4n) is 3.21. The second-order valence-corrected chi connectivity index (χ2v) is 5.84. The lowest BCUT2D eigenvalue weighted by atomic mass is 9.87. The zero-order valence-electron chi connectivity index (χ0n) is 12.1. The average Bonchev–Trinajstić information content (AvgIpc) is 2.45. The Morgan fingerprint density at radius 1 is 1.25 bits per heavy atom. The minimum atomic E-state index is 0.349. The maximum atomic E-state index is 5.48. The zero-order chi connectivity index (χ0) is 14.3. The molecule has 2 heterocycles. The van der Waals surface area contributed by atoms with Gasteiger partial charge in [-0.05, 0) is 55.2 Å². The van der Waals surface area contributed by atoms with Crippen molar-refractivity contribution in [3.63, 3.8) is 0 Å². The summed E-state index contributed by atoms with van der Waals surface area (Å²) in [6, 6.07) is 4.98.